The molecular formula is C9H13BrN2O. The van der Waals surface area contributed by atoms with E-state index in [1.54, 1.807) is 12.4 Å². The molecule has 0 saturated carbocycles. The molecule has 0 fully saturated rings. The smallest absolute Gasteiger partial charge is 0.0955 e. The van der Waals surface area contributed by atoms with Crippen LogP contribution < -0.4 is 5.73 Å². The molecule has 2 atom stereocenters. The third-order valence-electron chi connectivity index (χ3n) is 1.94. The third-order valence-corrected chi connectivity index (χ3v) is 2.38. The summed E-state index contributed by atoms with van der Waals surface area (Å²) >= 11 is 3.29. The van der Waals surface area contributed by atoms with Gasteiger partial charge in [-0.15, -0.1) is 0 Å². The molecular weight excluding hydrogens is 232 g/mol. The van der Waals surface area contributed by atoms with Gasteiger partial charge in [0.15, 0.2) is 0 Å². The lowest BCUT2D eigenvalue weighted by molar-refractivity contribution is 0.144. The second kappa shape index (κ2) is 4.69. The van der Waals surface area contributed by atoms with E-state index in [0.29, 0.717) is 0 Å². The Morgan fingerprint density at radius 3 is 2.85 bits per heavy atom. The van der Waals surface area contributed by atoms with Crippen LogP contribution in [0.4, 0.5) is 0 Å². The molecule has 1 rings (SSSR count). The predicted molar refractivity (Wildman–Crippen MR) is 55.2 cm³/mol. The molecule has 0 aliphatic rings. The highest BCUT2D eigenvalue weighted by atomic mass is 79.9. The molecule has 3 nitrogen and oxygen atoms in total. The lowest BCUT2D eigenvalue weighted by atomic mass is 10.0. The summed E-state index contributed by atoms with van der Waals surface area (Å²) in [5.74, 6) is 0. The van der Waals surface area contributed by atoms with Gasteiger partial charge in [0.05, 0.1) is 6.10 Å². The summed E-state index contributed by atoms with van der Waals surface area (Å²) in [6.45, 7) is 1.94. The van der Waals surface area contributed by atoms with Crippen molar-refractivity contribution >= 4 is 15.9 Å². The quantitative estimate of drug-likeness (QED) is 0.850. The molecule has 3 N–H and O–H groups in total. The van der Waals surface area contributed by atoms with Crippen LogP contribution >= 0.6 is 15.9 Å². The van der Waals surface area contributed by atoms with Crippen molar-refractivity contribution < 1.29 is 5.11 Å². The first-order valence-electron chi connectivity index (χ1n) is 4.19. The van der Waals surface area contributed by atoms with Crippen molar-refractivity contribution in [2.24, 2.45) is 5.73 Å². The summed E-state index contributed by atoms with van der Waals surface area (Å²) in [5.41, 5.74) is 6.46. The van der Waals surface area contributed by atoms with Crippen molar-refractivity contribution in [3.8, 4) is 0 Å². The van der Waals surface area contributed by atoms with Crippen molar-refractivity contribution in [2.75, 3.05) is 0 Å². The number of aromatic nitrogens is 1. The van der Waals surface area contributed by atoms with Crippen LogP contribution in [0.3, 0.4) is 0 Å². The molecule has 0 spiro atoms. The summed E-state index contributed by atoms with van der Waals surface area (Å²) in [6, 6.07) is 1.60. The monoisotopic (exact) mass is 244 g/mol. The normalized spacial score (nSPS) is 15.4. The van der Waals surface area contributed by atoms with Crippen LogP contribution in [-0.4, -0.2) is 16.1 Å². The van der Waals surface area contributed by atoms with Crippen molar-refractivity contribution in [1.82, 2.24) is 4.98 Å². The molecule has 0 radical (unpaired) electrons. The zero-order chi connectivity index (χ0) is 9.84. The number of rotatable bonds is 3. The van der Waals surface area contributed by atoms with Crippen LogP contribution in [0, 0.1) is 0 Å². The highest BCUT2D eigenvalue weighted by Gasteiger charge is 2.15. The summed E-state index contributed by atoms with van der Waals surface area (Å²) in [6.07, 6.45) is 3.42. The van der Waals surface area contributed by atoms with Crippen molar-refractivity contribution in [3.05, 3.63) is 28.5 Å². The number of pyridine rings is 1. The van der Waals surface area contributed by atoms with E-state index >= 15 is 0 Å². The molecule has 0 aromatic carbocycles. The first kappa shape index (κ1) is 10.6. The van der Waals surface area contributed by atoms with E-state index in [-0.39, 0.29) is 6.04 Å². The van der Waals surface area contributed by atoms with Crippen LogP contribution in [0.5, 0.6) is 0 Å². The van der Waals surface area contributed by atoms with E-state index in [0.717, 1.165) is 16.5 Å². The van der Waals surface area contributed by atoms with Crippen molar-refractivity contribution in [1.29, 1.82) is 0 Å². The Morgan fingerprint density at radius 2 is 2.31 bits per heavy atom. The number of aliphatic hydroxyl groups excluding tert-OH is 1. The van der Waals surface area contributed by atoms with E-state index in [9.17, 15) is 5.11 Å². The highest BCUT2D eigenvalue weighted by molar-refractivity contribution is 9.10. The van der Waals surface area contributed by atoms with E-state index in [1.165, 1.54) is 0 Å². The lowest BCUT2D eigenvalue weighted by Crippen LogP contribution is -2.27. The zero-order valence-corrected chi connectivity index (χ0v) is 9.03. The standard InChI is InChI=1S/C9H13BrN2O/c1-2-8(11)9(13)6-3-7(10)5-12-4-6/h3-5,8-9,13H,2,11H2,1H3. The number of nitrogens with zero attached hydrogens (tertiary/aromatic N) is 1. The molecule has 4 heteroatoms. The molecule has 0 amide bonds. The molecule has 1 heterocycles. The van der Waals surface area contributed by atoms with E-state index in [2.05, 4.69) is 20.9 Å². The molecule has 1 aromatic rings. The average Bonchev–Trinajstić information content (AvgIpc) is 2.15. The summed E-state index contributed by atoms with van der Waals surface area (Å²) in [5, 5.41) is 9.73. The minimum atomic E-state index is -0.630. The minimum absolute atomic E-state index is 0.226. The Bertz CT molecular complexity index is 280. The topological polar surface area (TPSA) is 59.1 Å². The van der Waals surface area contributed by atoms with Gasteiger partial charge in [-0.1, -0.05) is 6.92 Å². The van der Waals surface area contributed by atoms with E-state index < -0.39 is 6.10 Å². The number of nitrogens with two attached hydrogens (primary N) is 1. The first-order chi connectivity index (χ1) is 6.15. The van der Waals surface area contributed by atoms with Gasteiger partial charge in [-0.25, -0.2) is 0 Å². The fourth-order valence-electron chi connectivity index (χ4n) is 1.06. The molecule has 13 heavy (non-hydrogen) atoms. The van der Waals surface area contributed by atoms with Crippen molar-refractivity contribution in [2.45, 2.75) is 25.5 Å². The molecule has 0 saturated heterocycles. The van der Waals surface area contributed by atoms with Gasteiger partial charge in [-0.3, -0.25) is 4.98 Å². The Kier molecular flexibility index (Phi) is 3.84. The largest absolute Gasteiger partial charge is 0.387 e. The predicted octanol–water partition coefficient (Wildman–Crippen LogP) is 1.61. The van der Waals surface area contributed by atoms with Gasteiger partial charge < -0.3 is 10.8 Å². The second-order valence-electron chi connectivity index (χ2n) is 2.95. The van der Waals surface area contributed by atoms with Gasteiger partial charge in [0.25, 0.3) is 0 Å². The van der Waals surface area contributed by atoms with Gasteiger partial charge in [0.2, 0.25) is 0 Å². The van der Waals surface area contributed by atoms with Gasteiger partial charge in [-0.05, 0) is 28.4 Å². The zero-order valence-electron chi connectivity index (χ0n) is 7.44. The molecule has 0 aliphatic carbocycles. The fraction of sp³-hybridized carbons (Fsp3) is 0.444. The molecule has 0 bridgehead atoms. The van der Waals surface area contributed by atoms with E-state index in [4.69, 9.17) is 5.73 Å². The average molecular weight is 245 g/mol. The van der Waals surface area contributed by atoms with Crippen LogP contribution in [-0.2, 0) is 0 Å². The number of hydrogen-bond acceptors (Lipinski definition) is 3. The third kappa shape index (κ3) is 2.76. The molecule has 72 valence electrons. The van der Waals surface area contributed by atoms with Crippen LogP contribution in [0.15, 0.2) is 22.9 Å². The van der Waals surface area contributed by atoms with Gasteiger partial charge in [0, 0.05) is 28.5 Å². The maximum absolute atomic E-state index is 9.73. The highest BCUT2D eigenvalue weighted by Crippen LogP contribution is 2.19. The minimum Gasteiger partial charge on any atom is -0.387 e. The molecule has 0 aliphatic heterocycles. The Morgan fingerprint density at radius 1 is 1.62 bits per heavy atom. The SMILES string of the molecule is CCC(N)C(O)c1cncc(Br)c1. The Balaban J connectivity index is 2.82. The summed E-state index contributed by atoms with van der Waals surface area (Å²) in [7, 11) is 0. The maximum Gasteiger partial charge on any atom is 0.0955 e. The first-order valence-corrected chi connectivity index (χ1v) is 4.98. The summed E-state index contributed by atoms with van der Waals surface area (Å²) < 4.78 is 0.854. The molecule has 1 aromatic heterocycles. The van der Waals surface area contributed by atoms with E-state index in [1.807, 2.05) is 13.0 Å². The van der Waals surface area contributed by atoms with Crippen molar-refractivity contribution in [3.63, 3.8) is 0 Å². The number of halogens is 1. The Hall–Kier alpha value is -0.450. The van der Waals surface area contributed by atoms with Gasteiger partial charge in [0.1, 0.15) is 0 Å². The number of aliphatic hydroxyl groups is 1. The van der Waals surface area contributed by atoms with Gasteiger partial charge >= 0.3 is 0 Å². The van der Waals surface area contributed by atoms with Crippen LogP contribution in [0.2, 0.25) is 0 Å². The summed E-state index contributed by atoms with van der Waals surface area (Å²) in [4.78, 5) is 3.96. The van der Waals surface area contributed by atoms with Crippen LogP contribution in [0.1, 0.15) is 25.0 Å². The van der Waals surface area contributed by atoms with Gasteiger partial charge in [-0.2, -0.15) is 0 Å². The number of hydrogen-bond donors (Lipinski definition) is 2. The Labute approximate surface area is 86.1 Å². The molecule has 2 unspecified atom stereocenters. The maximum atomic E-state index is 9.73. The van der Waals surface area contributed by atoms with Crippen LogP contribution in [0.25, 0.3) is 0 Å². The lowest BCUT2D eigenvalue weighted by Gasteiger charge is -2.16. The fourth-order valence-corrected chi connectivity index (χ4v) is 1.44. The second-order valence-corrected chi connectivity index (χ2v) is 3.87.